The van der Waals surface area contributed by atoms with Crippen LogP contribution in [0.3, 0.4) is 0 Å². The topological polar surface area (TPSA) is 61.8 Å². The molecule has 0 saturated heterocycles. The Hall–Kier alpha value is -2.04. The first kappa shape index (κ1) is 21.0. The maximum atomic E-state index is 11.9. The molecular formula is C20H30O5. The minimum absolute atomic E-state index is 0.207. The van der Waals surface area contributed by atoms with Crippen molar-refractivity contribution in [1.82, 2.24) is 0 Å². The number of esters is 2. The van der Waals surface area contributed by atoms with Gasteiger partial charge in [0.1, 0.15) is 5.75 Å². The Morgan fingerprint density at radius 1 is 0.880 bits per heavy atom. The van der Waals surface area contributed by atoms with Crippen molar-refractivity contribution in [2.24, 2.45) is 11.8 Å². The minimum Gasteiger partial charge on any atom is -0.493 e. The smallest absolute Gasteiger partial charge is 0.313 e. The molecule has 0 aliphatic carbocycles. The third-order valence-corrected chi connectivity index (χ3v) is 3.55. The van der Waals surface area contributed by atoms with E-state index in [-0.39, 0.29) is 35.3 Å². The van der Waals surface area contributed by atoms with Gasteiger partial charge in [-0.15, -0.1) is 0 Å². The van der Waals surface area contributed by atoms with Crippen molar-refractivity contribution in [1.29, 1.82) is 0 Å². The summed E-state index contributed by atoms with van der Waals surface area (Å²) in [4.78, 5) is 23.8. The highest BCUT2D eigenvalue weighted by atomic mass is 16.6. The summed E-state index contributed by atoms with van der Waals surface area (Å²) < 4.78 is 16.4. The fourth-order valence-electron chi connectivity index (χ4n) is 1.91. The van der Waals surface area contributed by atoms with Crippen LogP contribution in [0.5, 0.6) is 17.2 Å². The molecule has 0 saturated carbocycles. The molecule has 140 valence electrons. The second kappa shape index (κ2) is 10.7. The van der Waals surface area contributed by atoms with Crippen LogP contribution in [-0.4, -0.2) is 18.5 Å². The van der Waals surface area contributed by atoms with Gasteiger partial charge in [0, 0.05) is 6.07 Å². The van der Waals surface area contributed by atoms with E-state index in [1.165, 1.54) is 12.8 Å². The van der Waals surface area contributed by atoms with Crippen molar-refractivity contribution in [3.63, 3.8) is 0 Å². The van der Waals surface area contributed by atoms with E-state index in [1.807, 2.05) is 0 Å². The normalized spacial score (nSPS) is 10.8. The van der Waals surface area contributed by atoms with Crippen LogP contribution in [0.15, 0.2) is 18.2 Å². The number of unbranched alkanes of at least 4 members (excludes halogenated alkanes) is 3. The molecule has 0 aliphatic rings. The standard InChI is InChI=1S/C20H30O5/c1-6-7-8-9-12-23-16-10-11-17(24-19(21)14(2)3)18(13-16)25-20(22)15(4)5/h10-11,13-15H,6-9,12H2,1-5H3. The lowest BCUT2D eigenvalue weighted by Gasteiger charge is -2.14. The highest BCUT2D eigenvalue weighted by molar-refractivity contribution is 5.78. The van der Waals surface area contributed by atoms with E-state index < -0.39 is 0 Å². The van der Waals surface area contributed by atoms with Gasteiger partial charge in [0.05, 0.1) is 18.4 Å². The van der Waals surface area contributed by atoms with Gasteiger partial charge in [0.2, 0.25) is 0 Å². The first-order valence-electron chi connectivity index (χ1n) is 9.05. The highest BCUT2D eigenvalue weighted by Gasteiger charge is 2.18. The van der Waals surface area contributed by atoms with E-state index in [4.69, 9.17) is 14.2 Å². The molecule has 0 bridgehead atoms. The average molecular weight is 350 g/mol. The number of hydrogen-bond acceptors (Lipinski definition) is 5. The second-order valence-corrected chi connectivity index (χ2v) is 6.67. The number of ether oxygens (including phenoxy) is 3. The molecule has 0 spiro atoms. The van der Waals surface area contributed by atoms with Gasteiger partial charge in [-0.3, -0.25) is 9.59 Å². The lowest BCUT2D eigenvalue weighted by atomic mass is 10.2. The SMILES string of the molecule is CCCCCCOc1ccc(OC(=O)C(C)C)c(OC(=O)C(C)C)c1. The number of benzene rings is 1. The number of rotatable bonds is 10. The van der Waals surface area contributed by atoms with Gasteiger partial charge < -0.3 is 14.2 Å². The zero-order valence-electron chi connectivity index (χ0n) is 16.0. The van der Waals surface area contributed by atoms with Crippen molar-refractivity contribution in [2.75, 3.05) is 6.61 Å². The molecule has 0 heterocycles. The summed E-state index contributed by atoms with van der Waals surface area (Å²) in [5.74, 6) is -0.301. The monoisotopic (exact) mass is 350 g/mol. The Morgan fingerprint density at radius 3 is 2.04 bits per heavy atom. The van der Waals surface area contributed by atoms with Gasteiger partial charge in [0.25, 0.3) is 0 Å². The molecule has 25 heavy (non-hydrogen) atoms. The number of hydrogen-bond donors (Lipinski definition) is 0. The van der Waals surface area contributed by atoms with Crippen LogP contribution in [0.25, 0.3) is 0 Å². The third-order valence-electron chi connectivity index (χ3n) is 3.55. The predicted octanol–water partition coefficient (Wildman–Crippen LogP) is 4.77. The van der Waals surface area contributed by atoms with Crippen molar-refractivity contribution in [2.45, 2.75) is 60.3 Å². The fourth-order valence-corrected chi connectivity index (χ4v) is 1.91. The molecule has 0 atom stereocenters. The lowest BCUT2D eigenvalue weighted by Crippen LogP contribution is -2.18. The molecule has 5 heteroatoms. The van der Waals surface area contributed by atoms with Crippen LogP contribution in [-0.2, 0) is 9.59 Å². The van der Waals surface area contributed by atoms with E-state index in [0.717, 1.165) is 12.8 Å². The van der Waals surface area contributed by atoms with Crippen LogP contribution in [0.1, 0.15) is 60.3 Å². The molecule has 1 rings (SSSR count). The van der Waals surface area contributed by atoms with E-state index >= 15 is 0 Å². The van der Waals surface area contributed by atoms with Crippen molar-refractivity contribution < 1.29 is 23.8 Å². The van der Waals surface area contributed by atoms with Crippen LogP contribution in [0.4, 0.5) is 0 Å². The largest absolute Gasteiger partial charge is 0.493 e. The third kappa shape index (κ3) is 7.59. The first-order valence-corrected chi connectivity index (χ1v) is 9.05. The van der Waals surface area contributed by atoms with Crippen molar-refractivity contribution in [3.05, 3.63) is 18.2 Å². The zero-order valence-corrected chi connectivity index (χ0v) is 16.0. The zero-order chi connectivity index (χ0) is 18.8. The Kier molecular flexibility index (Phi) is 9.03. The van der Waals surface area contributed by atoms with Gasteiger partial charge in [-0.1, -0.05) is 53.9 Å². The molecule has 0 fully saturated rings. The molecular weight excluding hydrogens is 320 g/mol. The number of carbonyl (C=O) groups is 2. The van der Waals surface area contributed by atoms with Crippen LogP contribution >= 0.6 is 0 Å². The molecule has 0 radical (unpaired) electrons. The van der Waals surface area contributed by atoms with E-state index in [1.54, 1.807) is 45.9 Å². The van der Waals surface area contributed by atoms with Gasteiger partial charge in [-0.05, 0) is 18.6 Å². The Morgan fingerprint density at radius 2 is 1.48 bits per heavy atom. The molecule has 0 N–H and O–H groups in total. The Bertz CT molecular complexity index is 563. The van der Waals surface area contributed by atoms with Gasteiger partial charge in [0.15, 0.2) is 11.5 Å². The van der Waals surface area contributed by atoms with Gasteiger partial charge >= 0.3 is 11.9 Å². The lowest BCUT2D eigenvalue weighted by molar-refractivity contribution is -0.140. The summed E-state index contributed by atoms with van der Waals surface area (Å²) in [7, 11) is 0. The van der Waals surface area contributed by atoms with Crippen molar-refractivity contribution in [3.8, 4) is 17.2 Å². The molecule has 0 amide bonds. The average Bonchev–Trinajstić information content (AvgIpc) is 2.56. The summed E-state index contributed by atoms with van der Waals surface area (Å²) >= 11 is 0. The summed E-state index contributed by atoms with van der Waals surface area (Å²) in [6.07, 6.45) is 4.45. The molecule has 1 aromatic carbocycles. The minimum atomic E-state index is -0.387. The van der Waals surface area contributed by atoms with Crippen LogP contribution in [0, 0.1) is 11.8 Å². The Balaban J connectivity index is 2.85. The summed E-state index contributed by atoms with van der Waals surface area (Å²) in [5.41, 5.74) is 0. The summed E-state index contributed by atoms with van der Waals surface area (Å²) in [6.45, 7) is 9.74. The highest BCUT2D eigenvalue weighted by Crippen LogP contribution is 2.33. The number of carbonyl (C=O) groups excluding carboxylic acids is 2. The van der Waals surface area contributed by atoms with Crippen LogP contribution in [0.2, 0.25) is 0 Å². The molecule has 0 aliphatic heterocycles. The Labute approximate surface area is 150 Å². The first-order chi connectivity index (χ1) is 11.8. The van der Waals surface area contributed by atoms with E-state index in [9.17, 15) is 9.59 Å². The molecule has 0 aromatic heterocycles. The molecule has 0 unspecified atom stereocenters. The van der Waals surface area contributed by atoms with Crippen molar-refractivity contribution >= 4 is 11.9 Å². The summed E-state index contributed by atoms with van der Waals surface area (Å²) in [5, 5.41) is 0. The maximum Gasteiger partial charge on any atom is 0.313 e. The quantitative estimate of drug-likeness (QED) is 0.345. The molecule has 5 nitrogen and oxygen atoms in total. The van der Waals surface area contributed by atoms with Crippen LogP contribution < -0.4 is 14.2 Å². The summed E-state index contributed by atoms with van der Waals surface area (Å²) in [6, 6.07) is 4.92. The predicted molar refractivity (Wildman–Crippen MR) is 97.0 cm³/mol. The second-order valence-electron chi connectivity index (χ2n) is 6.67. The van der Waals surface area contributed by atoms with Gasteiger partial charge in [-0.2, -0.15) is 0 Å². The fraction of sp³-hybridized carbons (Fsp3) is 0.600. The van der Waals surface area contributed by atoms with E-state index in [2.05, 4.69) is 6.92 Å². The van der Waals surface area contributed by atoms with E-state index in [0.29, 0.717) is 12.4 Å². The molecule has 1 aromatic rings. The maximum absolute atomic E-state index is 11.9. The van der Waals surface area contributed by atoms with Gasteiger partial charge in [-0.25, -0.2) is 0 Å².